The van der Waals surface area contributed by atoms with E-state index in [1.807, 2.05) is 0 Å². The molecule has 0 bridgehead atoms. The Labute approximate surface area is 142 Å². The summed E-state index contributed by atoms with van der Waals surface area (Å²) < 4.78 is 2.43. The predicted molar refractivity (Wildman–Crippen MR) is 101 cm³/mol. The van der Waals surface area contributed by atoms with Gasteiger partial charge in [0, 0.05) is 22.2 Å². The quantitative estimate of drug-likeness (QED) is 0.410. The minimum absolute atomic E-state index is 0.0442. The first-order chi connectivity index (χ1) is 11.7. The lowest BCUT2D eigenvalue weighted by molar-refractivity contribution is 0.645. The molecule has 116 valence electrons. The van der Waals surface area contributed by atoms with Crippen LogP contribution >= 0.6 is 0 Å². The second kappa shape index (κ2) is 4.61. The van der Waals surface area contributed by atoms with Crippen LogP contribution in [0.15, 0.2) is 78.9 Å². The summed E-state index contributed by atoms with van der Waals surface area (Å²) in [6.45, 7) is 4.64. The third-order valence-electron chi connectivity index (χ3n) is 5.37. The maximum Gasteiger partial charge on any atom is 0.0532 e. The van der Waals surface area contributed by atoms with Gasteiger partial charge in [-0.2, -0.15) is 0 Å². The lowest BCUT2D eigenvalue weighted by Crippen LogP contribution is -2.14. The van der Waals surface area contributed by atoms with E-state index in [1.54, 1.807) is 0 Å². The van der Waals surface area contributed by atoms with Crippen molar-refractivity contribution in [1.82, 2.24) is 4.57 Å². The molecule has 0 N–H and O–H groups in total. The van der Waals surface area contributed by atoms with Crippen LogP contribution in [0.4, 0.5) is 0 Å². The molecule has 24 heavy (non-hydrogen) atoms. The summed E-state index contributed by atoms with van der Waals surface area (Å²) in [7, 11) is 0. The molecule has 3 aromatic carbocycles. The third kappa shape index (κ3) is 1.70. The van der Waals surface area contributed by atoms with Crippen molar-refractivity contribution in [3.05, 3.63) is 90.1 Å². The van der Waals surface area contributed by atoms with Crippen molar-refractivity contribution in [3.8, 4) is 16.8 Å². The van der Waals surface area contributed by atoms with Crippen molar-refractivity contribution in [1.29, 1.82) is 0 Å². The van der Waals surface area contributed by atoms with E-state index in [0.717, 1.165) is 0 Å². The highest BCUT2D eigenvalue weighted by Gasteiger charge is 2.36. The number of rotatable bonds is 1. The molecule has 0 saturated heterocycles. The van der Waals surface area contributed by atoms with E-state index in [4.69, 9.17) is 0 Å². The van der Waals surface area contributed by atoms with Gasteiger partial charge in [-0.05, 0) is 41.0 Å². The summed E-state index contributed by atoms with van der Waals surface area (Å²) in [5, 5.41) is 1.31. The Morgan fingerprint density at radius 1 is 0.708 bits per heavy atom. The first kappa shape index (κ1) is 13.6. The second-order valence-electron chi connectivity index (χ2n) is 7.15. The molecule has 2 heterocycles. The summed E-state index contributed by atoms with van der Waals surface area (Å²) in [4.78, 5) is 0. The summed E-state index contributed by atoms with van der Waals surface area (Å²) in [5.74, 6) is 0. The van der Waals surface area contributed by atoms with Gasteiger partial charge in [0.1, 0.15) is 0 Å². The molecule has 1 nitrogen and oxygen atoms in total. The number of hydrogen-bond donors (Lipinski definition) is 0. The Kier molecular flexibility index (Phi) is 2.62. The van der Waals surface area contributed by atoms with Crippen molar-refractivity contribution in [2.24, 2.45) is 0 Å². The maximum absolute atomic E-state index is 2.43. The Morgan fingerprint density at radius 2 is 1.46 bits per heavy atom. The lowest BCUT2D eigenvalue weighted by atomic mass is 9.83. The van der Waals surface area contributed by atoms with Crippen molar-refractivity contribution in [3.63, 3.8) is 0 Å². The normalized spacial score (nSPS) is 14.6. The fourth-order valence-electron chi connectivity index (χ4n) is 4.08. The minimum atomic E-state index is 0.0442. The van der Waals surface area contributed by atoms with Crippen molar-refractivity contribution >= 4 is 10.9 Å². The number of hydrogen-bond acceptors (Lipinski definition) is 0. The van der Waals surface area contributed by atoms with Crippen molar-refractivity contribution < 1.29 is 0 Å². The average Bonchev–Trinajstić information content (AvgIpc) is 3.10. The van der Waals surface area contributed by atoms with Crippen LogP contribution in [0, 0.1) is 0 Å². The molecule has 1 aromatic heterocycles. The van der Waals surface area contributed by atoms with Gasteiger partial charge in [-0.3, -0.25) is 0 Å². The maximum atomic E-state index is 2.43. The molecule has 0 unspecified atom stereocenters. The van der Waals surface area contributed by atoms with Gasteiger partial charge in [-0.25, -0.2) is 0 Å². The van der Waals surface area contributed by atoms with Crippen LogP contribution in [0.25, 0.3) is 27.7 Å². The average molecular weight is 309 g/mol. The first-order valence-electron chi connectivity index (χ1n) is 8.47. The van der Waals surface area contributed by atoms with Crippen LogP contribution in [0.5, 0.6) is 0 Å². The molecule has 5 rings (SSSR count). The van der Waals surface area contributed by atoms with Crippen LogP contribution in [0.1, 0.15) is 25.1 Å². The Bertz CT molecular complexity index is 1070. The molecular weight excluding hydrogens is 290 g/mol. The van der Waals surface area contributed by atoms with Crippen LogP contribution in [0.2, 0.25) is 0 Å². The Hall–Kier alpha value is -2.80. The Balaban J connectivity index is 1.78. The number of aromatic nitrogens is 1. The molecule has 0 fully saturated rings. The van der Waals surface area contributed by atoms with E-state index in [0.29, 0.717) is 0 Å². The third-order valence-corrected chi connectivity index (χ3v) is 5.37. The number of benzene rings is 3. The Morgan fingerprint density at radius 3 is 2.29 bits per heavy atom. The van der Waals surface area contributed by atoms with Gasteiger partial charge in [-0.15, -0.1) is 0 Å². The van der Waals surface area contributed by atoms with E-state index in [-0.39, 0.29) is 5.41 Å². The smallest absolute Gasteiger partial charge is 0.0532 e. The number of para-hydroxylation sites is 1. The zero-order valence-corrected chi connectivity index (χ0v) is 14.0. The van der Waals surface area contributed by atoms with E-state index in [2.05, 4.69) is 97.3 Å². The van der Waals surface area contributed by atoms with Crippen LogP contribution in [0.3, 0.4) is 0 Å². The van der Waals surface area contributed by atoms with Gasteiger partial charge >= 0.3 is 0 Å². The fourth-order valence-corrected chi connectivity index (χ4v) is 4.08. The predicted octanol–water partition coefficient (Wildman–Crippen LogP) is 5.94. The molecule has 0 spiro atoms. The highest BCUT2D eigenvalue weighted by atomic mass is 15.0. The summed E-state index contributed by atoms with van der Waals surface area (Å²) in [6, 6.07) is 28.5. The minimum Gasteiger partial charge on any atom is -0.312 e. The van der Waals surface area contributed by atoms with Crippen LogP contribution in [-0.4, -0.2) is 4.57 Å². The lowest BCUT2D eigenvalue weighted by Gasteiger charge is -2.18. The standard InChI is InChI=1S/C23H19N/c1-23(2)19-10-6-7-11-21(19)24-20-13-12-17(14-18(20)15-22(23)24)16-8-4-3-5-9-16/h3-15H,1-2H3. The van der Waals surface area contributed by atoms with E-state index < -0.39 is 0 Å². The van der Waals surface area contributed by atoms with Gasteiger partial charge in [-0.1, -0.05) is 68.4 Å². The van der Waals surface area contributed by atoms with Crippen molar-refractivity contribution in [2.75, 3.05) is 0 Å². The molecule has 0 aliphatic carbocycles. The monoisotopic (exact) mass is 309 g/mol. The first-order valence-corrected chi connectivity index (χ1v) is 8.47. The molecule has 4 aromatic rings. The second-order valence-corrected chi connectivity index (χ2v) is 7.15. The molecule has 0 saturated carbocycles. The highest BCUT2D eigenvalue weighted by molar-refractivity contribution is 5.90. The number of nitrogens with zero attached hydrogens (tertiary/aromatic N) is 1. The summed E-state index contributed by atoms with van der Waals surface area (Å²) in [6.07, 6.45) is 0. The molecule has 0 radical (unpaired) electrons. The van der Waals surface area contributed by atoms with Crippen LogP contribution < -0.4 is 0 Å². The van der Waals surface area contributed by atoms with Crippen molar-refractivity contribution in [2.45, 2.75) is 19.3 Å². The topological polar surface area (TPSA) is 4.93 Å². The summed E-state index contributed by atoms with van der Waals surface area (Å²) in [5.41, 5.74) is 7.99. The van der Waals surface area contributed by atoms with Crippen LogP contribution in [-0.2, 0) is 5.41 Å². The zero-order valence-electron chi connectivity index (χ0n) is 14.0. The number of fused-ring (bicyclic) bond motifs is 5. The molecule has 0 atom stereocenters. The van der Waals surface area contributed by atoms with E-state index >= 15 is 0 Å². The molecular formula is C23H19N. The van der Waals surface area contributed by atoms with Gasteiger partial charge in [0.05, 0.1) is 5.52 Å². The van der Waals surface area contributed by atoms with Gasteiger partial charge in [0.15, 0.2) is 0 Å². The van der Waals surface area contributed by atoms with Gasteiger partial charge in [0.2, 0.25) is 0 Å². The molecule has 1 aliphatic heterocycles. The molecule has 1 heteroatoms. The largest absolute Gasteiger partial charge is 0.312 e. The van der Waals surface area contributed by atoms with Gasteiger partial charge < -0.3 is 4.57 Å². The molecule has 1 aliphatic rings. The fraction of sp³-hybridized carbons (Fsp3) is 0.130. The highest BCUT2D eigenvalue weighted by Crippen LogP contribution is 2.46. The SMILES string of the molecule is CC1(C)c2ccccc2-n2c1cc1cc(-c3ccccc3)ccc12. The molecule has 0 amide bonds. The van der Waals surface area contributed by atoms with E-state index in [9.17, 15) is 0 Å². The zero-order chi connectivity index (χ0) is 16.3. The van der Waals surface area contributed by atoms with Gasteiger partial charge in [0.25, 0.3) is 0 Å². The summed E-state index contributed by atoms with van der Waals surface area (Å²) >= 11 is 0. The van der Waals surface area contributed by atoms with E-state index in [1.165, 1.54) is 39.0 Å².